The predicted octanol–water partition coefficient (Wildman–Crippen LogP) is 2.08. The highest BCUT2D eigenvalue weighted by atomic mass is 32.2. The number of sulfonamides is 1. The van der Waals surface area contributed by atoms with E-state index in [-0.39, 0.29) is 5.91 Å². The first kappa shape index (κ1) is 14.5. The molecule has 8 heteroatoms. The van der Waals surface area contributed by atoms with Crippen LogP contribution in [0.2, 0.25) is 0 Å². The maximum absolute atomic E-state index is 12.0. The lowest BCUT2D eigenvalue weighted by molar-refractivity contribution is 0.102. The van der Waals surface area contributed by atoms with Crippen LogP contribution in [0.1, 0.15) is 16.1 Å². The number of carbonyl (C=O) groups excluding carboxylic acids is 1. The second-order valence-corrected chi connectivity index (χ2v) is 6.81. The van der Waals surface area contributed by atoms with E-state index in [4.69, 9.17) is 0 Å². The first-order valence-electron chi connectivity index (χ1n) is 5.65. The van der Waals surface area contributed by atoms with Gasteiger partial charge in [0.25, 0.3) is 5.91 Å². The topological polar surface area (TPSA) is 88.2 Å². The quantitative estimate of drug-likeness (QED) is 0.905. The number of amides is 1. The first-order valence-corrected chi connectivity index (χ1v) is 8.42. The van der Waals surface area contributed by atoms with Crippen LogP contribution >= 0.6 is 11.3 Å². The number of rotatable bonds is 4. The molecule has 106 valence electrons. The lowest BCUT2D eigenvalue weighted by Gasteiger charge is -2.06. The van der Waals surface area contributed by atoms with Crippen LogP contribution in [-0.2, 0) is 10.0 Å². The molecule has 0 spiro atoms. The number of aromatic nitrogens is 1. The number of anilines is 2. The molecule has 0 saturated heterocycles. The number of nitrogens with one attached hydrogen (secondary N) is 2. The second kappa shape index (κ2) is 5.59. The van der Waals surface area contributed by atoms with E-state index in [2.05, 4.69) is 15.0 Å². The largest absolute Gasteiger partial charge is 0.298 e. The molecule has 0 radical (unpaired) electrons. The Balaban J connectivity index is 2.16. The number of benzene rings is 1. The van der Waals surface area contributed by atoms with Crippen LogP contribution in [0.15, 0.2) is 29.6 Å². The van der Waals surface area contributed by atoms with Crippen molar-refractivity contribution in [2.45, 2.75) is 6.92 Å². The smallest absolute Gasteiger partial charge is 0.257 e. The summed E-state index contributed by atoms with van der Waals surface area (Å²) in [5.74, 6) is -0.337. The van der Waals surface area contributed by atoms with E-state index in [0.29, 0.717) is 16.4 Å². The highest BCUT2D eigenvalue weighted by Gasteiger charge is 2.10. The van der Waals surface area contributed by atoms with Gasteiger partial charge in [-0.2, -0.15) is 0 Å². The van der Waals surface area contributed by atoms with E-state index in [1.165, 1.54) is 17.4 Å². The fourth-order valence-electron chi connectivity index (χ4n) is 1.52. The summed E-state index contributed by atoms with van der Waals surface area (Å²) >= 11 is 1.33. The van der Waals surface area contributed by atoms with Gasteiger partial charge in [0.05, 0.1) is 11.9 Å². The monoisotopic (exact) mass is 311 g/mol. The Bertz CT molecular complexity index is 738. The highest BCUT2D eigenvalue weighted by molar-refractivity contribution is 7.92. The summed E-state index contributed by atoms with van der Waals surface area (Å²) in [6, 6.07) is 6.25. The van der Waals surface area contributed by atoms with Crippen LogP contribution in [0.4, 0.5) is 10.8 Å². The Morgan fingerprint density at radius 3 is 2.70 bits per heavy atom. The molecule has 0 atom stereocenters. The molecule has 0 fully saturated rings. The van der Waals surface area contributed by atoms with Gasteiger partial charge in [0.1, 0.15) is 0 Å². The minimum atomic E-state index is -3.37. The number of aryl methyl sites for hydroxylation is 1. The molecular formula is C12H13N3O3S2. The SMILES string of the molecule is Cc1csc(NC(=O)c2cccc(NS(C)(=O)=O)c2)n1. The van der Waals surface area contributed by atoms with Gasteiger partial charge in [-0.1, -0.05) is 6.07 Å². The van der Waals surface area contributed by atoms with Crippen LogP contribution in [0.3, 0.4) is 0 Å². The average Bonchev–Trinajstić information content (AvgIpc) is 2.73. The van der Waals surface area contributed by atoms with E-state index in [1.807, 2.05) is 12.3 Å². The van der Waals surface area contributed by atoms with Crippen molar-refractivity contribution in [3.05, 3.63) is 40.9 Å². The van der Waals surface area contributed by atoms with Gasteiger partial charge in [-0.15, -0.1) is 11.3 Å². The fourth-order valence-corrected chi connectivity index (χ4v) is 2.76. The van der Waals surface area contributed by atoms with E-state index in [1.54, 1.807) is 18.2 Å². The number of thiazole rings is 1. The summed E-state index contributed by atoms with van der Waals surface area (Å²) in [4.78, 5) is 16.2. The molecule has 1 amide bonds. The van der Waals surface area contributed by atoms with Crippen molar-refractivity contribution in [3.8, 4) is 0 Å². The van der Waals surface area contributed by atoms with Gasteiger partial charge in [-0.25, -0.2) is 13.4 Å². The Hall–Kier alpha value is -1.93. The summed E-state index contributed by atoms with van der Waals surface area (Å²) in [5, 5.41) is 5.00. The van der Waals surface area contributed by atoms with E-state index >= 15 is 0 Å². The van der Waals surface area contributed by atoms with Gasteiger partial charge >= 0.3 is 0 Å². The maximum atomic E-state index is 12.0. The summed E-state index contributed by atoms with van der Waals surface area (Å²) in [6.45, 7) is 1.84. The third-order valence-corrected chi connectivity index (χ3v) is 3.75. The predicted molar refractivity (Wildman–Crippen MR) is 79.7 cm³/mol. The molecule has 0 aliphatic rings. The molecule has 0 saturated carbocycles. The van der Waals surface area contributed by atoms with Crippen molar-refractivity contribution in [1.29, 1.82) is 0 Å². The Kier molecular flexibility index (Phi) is 4.05. The third-order valence-electron chi connectivity index (χ3n) is 2.27. The highest BCUT2D eigenvalue weighted by Crippen LogP contribution is 2.17. The minimum Gasteiger partial charge on any atom is -0.298 e. The second-order valence-electron chi connectivity index (χ2n) is 4.20. The molecule has 1 aromatic carbocycles. The Morgan fingerprint density at radius 2 is 2.10 bits per heavy atom. The molecular weight excluding hydrogens is 298 g/mol. The van der Waals surface area contributed by atoms with Crippen LogP contribution in [0.25, 0.3) is 0 Å². The summed E-state index contributed by atoms with van der Waals surface area (Å²) in [7, 11) is -3.37. The minimum absolute atomic E-state index is 0.337. The van der Waals surface area contributed by atoms with Crippen molar-refractivity contribution >= 4 is 38.1 Å². The van der Waals surface area contributed by atoms with Gasteiger partial charge in [0, 0.05) is 16.6 Å². The van der Waals surface area contributed by atoms with Crippen LogP contribution in [-0.4, -0.2) is 25.6 Å². The van der Waals surface area contributed by atoms with E-state index in [0.717, 1.165) is 11.9 Å². The van der Waals surface area contributed by atoms with E-state index in [9.17, 15) is 13.2 Å². The summed E-state index contributed by atoms with van der Waals surface area (Å²) in [6.07, 6.45) is 1.05. The van der Waals surface area contributed by atoms with Crippen molar-refractivity contribution in [3.63, 3.8) is 0 Å². The lowest BCUT2D eigenvalue weighted by Crippen LogP contribution is -2.13. The zero-order chi connectivity index (χ0) is 14.8. The Morgan fingerprint density at radius 1 is 1.35 bits per heavy atom. The molecule has 2 aromatic rings. The number of nitrogens with zero attached hydrogens (tertiary/aromatic N) is 1. The lowest BCUT2D eigenvalue weighted by atomic mass is 10.2. The molecule has 1 aromatic heterocycles. The summed E-state index contributed by atoms with van der Waals surface area (Å²) in [5.41, 5.74) is 1.53. The molecule has 6 nitrogen and oxygen atoms in total. The first-order chi connectivity index (χ1) is 9.33. The average molecular weight is 311 g/mol. The normalized spacial score (nSPS) is 11.1. The van der Waals surface area contributed by atoms with Crippen LogP contribution in [0, 0.1) is 6.92 Å². The molecule has 1 heterocycles. The van der Waals surface area contributed by atoms with Gasteiger partial charge in [-0.05, 0) is 25.1 Å². The number of carbonyl (C=O) groups is 1. The fraction of sp³-hybridized carbons (Fsp3) is 0.167. The molecule has 0 aliphatic heterocycles. The molecule has 20 heavy (non-hydrogen) atoms. The maximum Gasteiger partial charge on any atom is 0.257 e. The standard InChI is InChI=1S/C12H13N3O3S2/c1-8-7-19-12(13-8)14-11(16)9-4-3-5-10(6-9)15-20(2,17)18/h3-7,15H,1-2H3,(H,13,14,16). The van der Waals surface area contributed by atoms with Crippen molar-refractivity contribution < 1.29 is 13.2 Å². The van der Waals surface area contributed by atoms with Gasteiger partial charge in [-0.3, -0.25) is 14.8 Å². The van der Waals surface area contributed by atoms with Gasteiger partial charge in [0.2, 0.25) is 10.0 Å². The van der Waals surface area contributed by atoms with Crippen LogP contribution in [0.5, 0.6) is 0 Å². The van der Waals surface area contributed by atoms with Crippen molar-refractivity contribution in [1.82, 2.24) is 4.98 Å². The Labute approximate surface area is 120 Å². The van der Waals surface area contributed by atoms with Crippen LogP contribution < -0.4 is 10.0 Å². The zero-order valence-corrected chi connectivity index (χ0v) is 12.5. The number of hydrogen-bond donors (Lipinski definition) is 2. The molecule has 0 aliphatic carbocycles. The zero-order valence-electron chi connectivity index (χ0n) is 10.9. The molecule has 0 bridgehead atoms. The van der Waals surface area contributed by atoms with E-state index < -0.39 is 10.0 Å². The molecule has 2 rings (SSSR count). The molecule has 0 unspecified atom stereocenters. The number of hydrogen-bond acceptors (Lipinski definition) is 5. The molecule has 2 N–H and O–H groups in total. The summed E-state index contributed by atoms with van der Waals surface area (Å²) < 4.78 is 24.6. The van der Waals surface area contributed by atoms with Crippen molar-refractivity contribution in [2.75, 3.05) is 16.3 Å². The van der Waals surface area contributed by atoms with Gasteiger partial charge in [0.15, 0.2) is 5.13 Å². The van der Waals surface area contributed by atoms with Crippen molar-refractivity contribution in [2.24, 2.45) is 0 Å². The third kappa shape index (κ3) is 4.04. The van der Waals surface area contributed by atoms with Gasteiger partial charge < -0.3 is 0 Å².